The summed E-state index contributed by atoms with van der Waals surface area (Å²) in [5.41, 5.74) is 0.333. The van der Waals surface area contributed by atoms with Gasteiger partial charge in [-0.15, -0.1) is 0 Å². The molecule has 0 saturated heterocycles. The molecule has 2 aromatic rings. The minimum Gasteiger partial charge on any atom is -0.490 e. The van der Waals surface area contributed by atoms with Gasteiger partial charge in [0.2, 0.25) is 0 Å². The van der Waals surface area contributed by atoms with Crippen molar-refractivity contribution >= 4 is 11.9 Å². The molecule has 1 atom stereocenters. The molecule has 1 aliphatic heterocycles. The van der Waals surface area contributed by atoms with Crippen molar-refractivity contribution in [2.45, 2.75) is 6.10 Å². The van der Waals surface area contributed by atoms with E-state index in [4.69, 9.17) is 18.9 Å². The molecular formula is C21H21NO6. The predicted octanol–water partition coefficient (Wildman–Crippen LogP) is 2.36. The zero-order chi connectivity index (χ0) is 19.8. The number of ether oxygens (including phenoxy) is 4. The van der Waals surface area contributed by atoms with Gasteiger partial charge in [-0.25, -0.2) is 4.79 Å². The number of fused-ring (bicyclic) bond motifs is 1. The number of esters is 1. The van der Waals surface area contributed by atoms with Crippen LogP contribution in [0.4, 0.5) is 0 Å². The van der Waals surface area contributed by atoms with Gasteiger partial charge >= 0.3 is 5.97 Å². The van der Waals surface area contributed by atoms with Crippen LogP contribution in [0, 0.1) is 0 Å². The third kappa shape index (κ3) is 5.26. The lowest BCUT2D eigenvalue weighted by Crippen LogP contribution is -2.42. The molecule has 0 spiro atoms. The van der Waals surface area contributed by atoms with E-state index in [-0.39, 0.29) is 19.3 Å². The van der Waals surface area contributed by atoms with E-state index in [1.54, 1.807) is 36.4 Å². The second-order valence-corrected chi connectivity index (χ2v) is 6.00. The fourth-order valence-corrected chi connectivity index (χ4v) is 2.50. The summed E-state index contributed by atoms with van der Waals surface area (Å²) in [5, 5.41) is 2.67. The Morgan fingerprint density at radius 3 is 2.64 bits per heavy atom. The molecule has 28 heavy (non-hydrogen) atoms. The summed E-state index contributed by atoms with van der Waals surface area (Å²) >= 11 is 0. The zero-order valence-corrected chi connectivity index (χ0v) is 15.3. The number of carbonyl (C=O) groups excluding carboxylic acids is 2. The average molecular weight is 383 g/mol. The van der Waals surface area contributed by atoms with Gasteiger partial charge in [0.15, 0.2) is 18.1 Å². The number of rotatable bonds is 8. The van der Waals surface area contributed by atoms with Crippen molar-refractivity contribution in [2.75, 3.05) is 26.4 Å². The third-order valence-corrected chi connectivity index (χ3v) is 3.89. The molecule has 0 aliphatic carbocycles. The van der Waals surface area contributed by atoms with Crippen LogP contribution in [0.25, 0.3) is 0 Å². The van der Waals surface area contributed by atoms with E-state index in [9.17, 15) is 9.59 Å². The maximum Gasteiger partial charge on any atom is 0.338 e. The second-order valence-electron chi connectivity index (χ2n) is 6.00. The highest BCUT2D eigenvalue weighted by molar-refractivity contribution is 5.91. The summed E-state index contributed by atoms with van der Waals surface area (Å²) in [5.74, 6) is 0.934. The van der Waals surface area contributed by atoms with Crippen LogP contribution in [0.2, 0.25) is 0 Å². The molecule has 0 aromatic heterocycles. The third-order valence-electron chi connectivity index (χ3n) is 3.89. The van der Waals surface area contributed by atoms with Gasteiger partial charge < -0.3 is 24.3 Å². The number of carbonyl (C=O) groups is 2. The number of benzene rings is 2. The van der Waals surface area contributed by atoms with Gasteiger partial charge in [-0.1, -0.05) is 24.8 Å². The van der Waals surface area contributed by atoms with E-state index in [2.05, 4.69) is 11.9 Å². The molecule has 1 N–H and O–H groups in total. The Morgan fingerprint density at radius 1 is 1.14 bits per heavy atom. The highest BCUT2D eigenvalue weighted by Crippen LogP contribution is 2.30. The lowest BCUT2D eigenvalue weighted by atomic mass is 10.2. The minimum atomic E-state index is -0.586. The zero-order valence-electron chi connectivity index (χ0n) is 15.3. The molecule has 7 heteroatoms. The molecule has 0 radical (unpaired) electrons. The fourth-order valence-electron chi connectivity index (χ4n) is 2.50. The monoisotopic (exact) mass is 383 g/mol. The number of nitrogens with one attached hydrogen (secondary N) is 1. The molecular weight excluding hydrogens is 362 g/mol. The van der Waals surface area contributed by atoms with Crippen LogP contribution in [-0.4, -0.2) is 44.3 Å². The highest BCUT2D eigenvalue weighted by Gasteiger charge is 2.21. The van der Waals surface area contributed by atoms with Crippen LogP contribution in [0.15, 0.2) is 61.2 Å². The van der Waals surface area contributed by atoms with Gasteiger partial charge in [0.05, 0.1) is 12.1 Å². The molecule has 1 aliphatic rings. The quantitative estimate of drug-likeness (QED) is 0.557. The fraction of sp³-hybridized carbons (Fsp3) is 0.238. The van der Waals surface area contributed by atoms with Gasteiger partial charge in [-0.2, -0.15) is 0 Å². The molecule has 3 rings (SSSR count). The van der Waals surface area contributed by atoms with E-state index in [0.717, 1.165) is 0 Å². The standard InChI is InChI=1S/C21H21NO6/c1-2-11-25-16-9-7-15(8-10-16)21(24)27-14-20(23)22-12-17-13-26-18-5-3-4-6-19(18)28-17/h2-10,17H,1,11-14H2,(H,22,23). The largest absolute Gasteiger partial charge is 0.490 e. The summed E-state index contributed by atoms with van der Waals surface area (Å²) in [4.78, 5) is 23.9. The van der Waals surface area contributed by atoms with Crippen molar-refractivity contribution in [3.63, 3.8) is 0 Å². The predicted molar refractivity (Wildman–Crippen MR) is 102 cm³/mol. The van der Waals surface area contributed by atoms with Gasteiger partial charge in [0.1, 0.15) is 25.1 Å². The molecule has 0 saturated carbocycles. The van der Waals surface area contributed by atoms with Crippen LogP contribution in [0.3, 0.4) is 0 Å². The normalized spacial score (nSPS) is 14.6. The van der Waals surface area contributed by atoms with Crippen LogP contribution >= 0.6 is 0 Å². The summed E-state index contributed by atoms with van der Waals surface area (Å²) in [7, 11) is 0. The smallest absolute Gasteiger partial charge is 0.338 e. The highest BCUT2D eigenvalue weighted by atomic mass is 16.6. The molecule has 0 bridgehead atoms. The number of para-hydroxylation sites is 2. The first-order chi connectivity index (χ1) is 13.7. The first-order valence-corrected chi connectivity index (χ1v) is 8.82. The van der Waals surface area contributed by atoms with Gasteiger partial charge in [0.25, 0.3) is 5.91 Å². The van der Waals surface area contributed by atoms with Crippen molar-refractivity contribution in [1.82, 2.24) is 5.32 Å². The summed E-state index contributed by atoms with van der Waals surface area (Å²) in [6.45, 7) is 4.15. The molecule has 1 unspecified atom stereocenters. The lowest BCUT2D eigenvalue weighted by Gasteiger charge is -2.26. The number of amides is 1. The van der Waals surface area contributed by atoms with Crippen molar-refractivity contribution in [2.24, 2.45) is 0 Å². The lowest BCUT2D eigenvalue weighted by molar-refractivity contribution is -0.124. The first kappa shape index (κ1) is 19.3. The van der Waals surface area contributed by atoms with E-state index in [1.807, 2.05) is 18.2 Å². The van der Waals surface area contributed by atoms with Crippen LogP contribution in [0.1, 0.15) is 10.4 Å². The van der Waals surface area contributed by atoms with E-state index >= 15 is 0 Å². The maximum atomic E-state index is 12.0. The minimum absolute atomic E-state index is 0.250. The van der Waals surface area contributed by atoms with Gasteiger partial charge in [-0.3, -0.25) is 4.79 Å². The van der Waals surface area contributed by atoms with Crippen molar-refractivity contribution in [3.8, 4) is 17.2 Å². The van der Waals surface area contributed by atoms with E-state index in [0.29, 0.717) is 36.0 Å². The summed E-state index contributed by atoms with van der Waals surface area (Å²) < 4.78 is 21.7. The Balaban J connectivity index is 1.39. The van der Waals surface area contributed by atoms with Gasteiger partial charge in [0, 0.05) is 0 Å². The Bertz CT molecular complexity index is 833. The van der Waals surface area contributed by atoms with E-state index < -0.39 is 11.9 Å². The Morgan fingerprint density at radius 2 is 1.89 bits per heavy atom. The number of hydrogen-bond donors (Lipinski definition) is 1. The Hall–Kier alpha value is -3.48. The molecule has 2 aromatic carbocycles. The van der Waals surface area contributed by atoms with Crippen molar-refractivity contribution < 1.29 is 28.5 Å². The summed E-state index contributed by atoms with van der Waals surface area (Å²) in [6.07, 6.45) is 1.32. The van der Waals surface area contributed by atoms with Crippen molar-refractivity contribution in [1.29, 1.82) is 0 Å². The van der Waals surface area contributed by atoms with E-state index in [1.165, 1.54) is 0 Å². The van der Waals surface area contributed by atoms with Crippen molar-refractivity contribution in [3.05, 3.63) is 66.7 Å². The average Bonchev–Trinajstić information content (AvgIpc) is 2.74. The molecule has 1 amide bonds. The molecule has 0 fully saturated rings. The SMILES string of the molecule is C=CCOc1ccc(C(=O)OCC(=O)NCC2COc3ccccc3O2)cc1. The number of hydrogen-bond acceptors (Lipinski definition) is 6. The molecule has 146 valence electrons. The molecule has 7 nitrogen and oxygen atoms in total. The Labute approximate surface area is 162 Å². The van der Waals surface area contributed by atoms with Crippen LogP contribution < -0.4 is 19.5 Å². The topological polar surface area (TPSA) is 83.1 Å². The van der Waals surface area contributed by atoms with Crippen LogP contribution in [-0.2, 0) is 9.53 Å². The first-order valence-electron chi connectivity index (χ1n) is 8.82. The van der Waals surface area contributed by atoms with Crippen LogP contribution in [0.5, 0.6) is 17.2 Å². The summed E-state index contributed by atoms with van der Waals surface area (Å²) in [6, 6.07) is 13.8. The molecule has 1 heterocycles. The van der Waals surface area contributed by atoms with Gasteiger partial charge in [-0.05, 0) is 36.4 Å². The maximum absolute atomic E-state index is 12.0. The second kappa shape index (κ2) is 9.45. The Kier molecular flexibility index (Phi) is 6.51.